The van der Waals surface area contributed by atoms with Crippen molar-refractivity contribution >= 4 is 17.9 Å². The Morgan fingerprint density at radius 1 is 0.974 bits per heavy atom. The molecule has 0 amide bonds. The van der Waals surface area contributed by atoms with Gasteiger partial charge in [-0.05, 0) is 86.8 Å². The minimum Gasteiger partial charge on any atom is -0.468 e. The van der Waals surface area contributed by atoms with Crippen molar-refractivity contribution in [2.75, 3.05) is 13.7 Å². The van der Waals surface area contributed by atoms with Gasteiger partial charge in [0.05, 0.1) is 29.3 Å². The smallest absolute Gasteiger partial charge is 0.338 e. The fraction of sp³-hybridized carbons (Fsp3) is 0.645. The number of fused-ring (bicyclic) bond motifs is 5. The van der Waals surface area contributed by atoms with Crippen LogP contribution < -0.4 is 0 Å². The molecule has 0 spiro atoms. The molecule has 0 aromatic heterocycles. The molecule has 6 rings (SSSR count). The van der Waals surface area contributed by atoms with Gasteiger partial charge in [-0.2, -0.15) is 0 Å². The SMILES string of the molecule is COC(=O)[C@]12CC[C@H](OC(=O)c3ccccc3)C[C@]1(O)CC[C@@H]1[C@@H]2CC[C@]2(C)[C@H](C3=CC(=O)OC3)CC[C@@]12O. The van der Waals surface area contributed by atoms with Gasteiger partial charge in [-0.25, -0.2) is 9.59 Å². The number of benzene rings is 1. The Hall–Kier alpha value is -2.71. The Balaban J connectivity index is 1.29. The predicted octanol–water partition coefficient (Wildman–Crippen LogP) is 3.74. The quantitative estimate of drug-likeness (QED) is 0.440. The zero-order chi connectivity index (χ0) is 27.6. The maximum absolute atomic E-state index is 13.7. The maximum atomic E-state index is 13.7. The van der Waals surface area contributed by atoms with Crippen LogP contribution in [0.4, 0.5) is 0 Å². The van der Waals surface area contributed by atoms with E-state index in [-0.39, 0.29) is 36.8 Å². The molecule has 1 aromatic carbocycles. The second kappa shape index (κ2) is 9.16. The molecule has 4 aliphatic carbocycles. The van der Waals surface area contributed by atoms with E-state index in [1.54, 1.807) is 30.3 Å². The van der Waals surface area contributed by atoms with Crippen molar-refractivity contribution < 1.29 is 38.8 Å². The Morgan fingerprint density at radius 2 is 1.72 bits per heavy atom. The largest absolute Gasteiger partial charge is 0.468 e. The van der Waals surface area contributed by atoms with Gasteiger partial charge in [0, 0.05) is 17.9 Å². The fourth-order valence-electron chi connectivity index (χ4n) is 9.53. The summed E-state index contributed by atoms with van der Waals surface area (Å²) in [5.41, 5.74) is -2.67. The molecule has 2 N–H and O–H groups in total. The van der Waals surface area contributed by atoms with Gasteiger partial charge in [0.2, 0.25) is 0 Å². The number of cyclic esters (lactones) is 1. The van der Waals surface area contributed by atoms with Crippen LogP contribution in [-0.2, 0) is 23.8 Å². The van der Waals surface area contributed by atoms with E-state index in [4.69, 9.17) is 14.2 Å². The highest BCUT2D eigenvalue weighted by atomic mass is 16.5. The first-order chi connectivity index (χ1) is 18.6. The lowest BCUT2D eigenvalue weighted by Crippen LogP contribution is -2.70. The first-order valence-electron chi connectivity index (χ1n) is 14.2. The topological polar surface area (TPSA) is 119 Å². The predicted molar refractivity (Wildman–Crippen MR) is 139 cm³/mol. The van der Waals surface area contributed by atoms with Crippen molar-refractivity contribution in [1.82, 2.24) is 0 Å². The van der Waals surface area contributed by atoms with Crippen LogP contribution in [0.1, 0.15) is 75.1 Å². The summed E-state index contributed by atoms with van der Waals surface area (Å²) in [5.74, 6) is -1.61. The van der Waals surface area contributed by atoms with Gasteiger partial charge in [0.15, 0.2) is 0 Å². The van der Waals surface area contributed by atoms with E-state index in [2.05, 4.69) is 6.92 Å². The molecule has 4 saturated carbocycles. The third-order valence-electron chi connectivity index (χ3n) is 11.4. The summed E-state index contributed by atoms with van der Waals surface area (Å²) < 4.78 is 16.4. The highest BCUT2D eigenvalue weighted by molar-refractivity contribution is 5.89. The van der Waals surface area contributed by atoms with Crippen molar-refractivity contribution in [3.05, 3.63) is 47.5 Å². The number of hydrogen-bond donors (Lipinski definition) is 2. The van der Waals surface area contributed by atoms with E-state index in [9.17, 15) is 24.6 Å². The maximum Gasteiger partial charge on any atom is 0.338 e. The second-order valence-electron chi connectivity index (χ2n) is 12.7. The molecule has 0 unspecified atom stereocenters. The van der Waals surface area contributed by atoms with E-state index < -0.39 is 40.1 Å². The lowest BCUT2D eigenvalue weighted by Gasteiger charge is -2.65. The molecule has 1 heterocycles. The molecule has 8 nitrogen and oxygen atoms in total. The molecule has 0 radical (unpaired) electrons. The number of rotatable bonds is 4. The highest BCUT2D eigenvalue weighted by Gasteiger charge is 2.74. The lowest BCUT2D eigenvalue weighted by atomic mass is 9.41. The number of ether oxygens (including phenoxy) is 3. The molecule has 1 aromatic rings. The molecule has 0 bridgehead atoms. The normalized spacial score (nSPS) is 42.9. The van der Waals surface area contributed by atoms with Crippen LogP contribution in [0.25, 0.3) is 0 Å². The van der Waals surface area contributed by atoms with Crippen LogP contribution in [0.2, 0.25) is 0 Å². The van der Waals surface area contributed by atoms with Crippen molar-refractivity contribution in [3.63, 3.8) is 0 Å². The van der Waals surface area contributed by atoms with Crippen LogP contribution in [-0.4, -0.2) is 59.1 Å². The minimum atomic E-state index is -1.41. The zero-order valence-corrected chi connectivity index (χ0v) is 22.7. The van der Waals surface area contributed by atoms with Crippen LogP contribution in [0, 0.1) is 28.6 Å². The summed E-state index contributed by atoms with van der Waals surface area (Å²) in [6.45, 7) is 2.40. The van der Waals surface area contributed by atoms with E-state index in [1.165, 1.54) is 7.11 Å². The van der Waals surface area contributed by atoms with Crippen molar-refractivity contribution in [2.24, 2.45) is 28.6 Å². The summed E-state index contributed by atoms with van der Waals surface area (Å²) in [6.07, 6.45) is 5.53. The fourth-order valence-corrected chi connectivity index (χ4v) is 9.53. The minimum absolute atomic E-state index is 0.0397. The van der Waals surface area contributed by atoms with Gasteiger partial charge in [-0.3, -0.25) is 4.79 Å². The lowest BCUT2D eigenvalue weighted by molar-refractivity contribution is -0.261. The number of methoxy groups -OCH3 is 1. The third-order valence-corrected chi connectivity index (χ3v) is 11.4. The summed E-state index contributed by atoms with van der Waals surface area (Å²) in [5, 5.41) is 24.7. The molecule has 0 saturated heterocycles. The van der Waals surface area contributed by atoms with E-state index in [1.807, 2.05) is 6.07 Å². The molecule has 8 atom stereocenters. The molecule has 8 heteroatoms. The van der Waals surface area contributed by atoms with E-state index in [0.29, 0.717) is 50.5 Å². The first-order valence-corrected chi connectivity index (χ1v) is 14.2. The van der Waals surface area contributed by atoms with Gasteiger partial charge in [-0.1, -0.05) is 25.1 Å². The molecule has 1 aliphatic heterocycles. The van der Waals surface area contributed by atoms with Crippen molar-refractivity contribution in [1.29, 1.82) is 0 Å². The highest BCUT2D eigenvalue weighted by Crippen LogP contribution is 2.71. The van der Waals surface area contributed by atoms with E-state index >= 15 is 0 Å². The van der Waals surface area contributed by atoms with Gasteiger partial charge < -0.3 is 24.4 Å². The summed E-state index contributed by atoms with van der Waals surface area (Å²) in [7, 11) is 1.36. The Labute approximate surface area is 228 Å². The number of carbonyl (C=O) groups excluding carboxylic acids is 3. The third kappa shape index (κ3) is 3.67. The number of hydrogen-bond acceptors (Lipinski definition) is 8. The molecule has 210 valence electrons. The average molecular weight is 539 g/mol. The second-order valence-corrected chi connectivity index (χ2v) is 12.7. The van der Waals surface area contributed by atoms with Crippen LogP contribution >= 0.6 is 0 Å². The number of aliphatic hydroxyl groups is 2. The van der Waals surface area contributed by atoms with Gasteiger partial charge >= 0.3 is 17.9 Å². The summed E-state index contributed by atoms with van der Waals surface area (Å²) >= 11 is 0. The zero-order valence-electron chi connectivity index (χ0n) is 22.7. The van der Waals surface area contributed by atoms with Crippen molar-refractivity contribution in [3.8, 4) is 0 Å². The Morgan fingerprint density at radius 3 is 2.41 bits per heavy atom. The average Bonchev–Trinajstić information content (AvgIpc) is 3.47. The number of esters is 3. The number of carbonyl (C=O) groups is 3. The van der Waals surface area contributed by atoms with Crippen LogP contribution in [0.3, 0.4) is 0 Å². The molecular weight excluding hydrogens is 500 g/mol. The summed E-state index contributed by atoms with van der Waals surface area (Å²) in [4.78, 5) is 38.3. The monoisotopic (exact) mass is 538 g/mol. The van der Waals surface area contributed by atoms with Crippen molar-refractivity contribution in [2.45, 2.75) is 82.0 Å². The molecule has 4 fully saturated rings. The van der Waals surface area contributed by atoms with Crippen LogP contribution in [0.15, 0.2) is 42.0 Å². The first kappa shape index (κ1) is 26.5. The summed E-state index contributed by atoms with van der Waals surface area (Å²) in [6, 6.07) is 8.77. The Kier molecular flexibility index (Phi) is 6.23. The molecular formula is C31H38O8. The Bertz CT molecular complexity index is 1210. The van der Waals surface area contributed by atoms with Gasteiger partial charge in [-0.15, -0.1) is 0 Å². The molecule has 39 heavy (non-hydrogen) atoms. The standard InChI is InChI=1S/C31H38O8/c1-28-12-9-23-24(31(28,36)15-11-22(28)20-16-25(32)38-18-20)10-13-29(35)17-21(8-14-30(23,29)27(34)37-2)39-26(33)19-6-4-3-5-7-19/h3-7,16,21-24,35-36H,8-15,17-18H2,1-2H3/t21-,22-,23-,24+,28+,29+,30+,31+/m0/s1. The van der Waals surface area contributed by atoms with Crippen LogP contribution in [0.5, 0.6) is 0 Å². The van der Waals surface area contributed by atoms with Gasteiger partial charge in [0.25, 0.3) is 0 Å². The van der Waals surface area contributed by atoms with Gasteiger partial charge in [0.1, 0.15) is 12.7 Å². The molecule has 5 aliphatic rings. The van der Waals surface area contributed by atoms with E-state index in [0.717, 1.165) is 12.0 Å².